The van der Waals surface area contributed by atoms with Crippen LogP contribution in [0.2, 0.25) is 6.32 Å². The van der Waals surface area contributed by atoms with Gasteiger partial charge in [0.2, 0.25) is 0 Å². The Morgan fingerprint density at radius 1 is 1.21 bits per heavy atom. The van der Waals surface area contributed by atoms with E-state index >= 15 is 0 Å². The van der Waals surface area contributed by atoms with Crippen LogP contribution in [0.5, 0.6) is 0 Å². The number of ether oxygens (including phenoxy) is 2. The molecule has 0 saturated carbocycles. The Morgan fingerprint density at radius 3 is 2.50 bits per heavy atom. The van der Waals surface area contributed by atoms with Crippen molar-refractivity contribution in [1.29, 1.82) is 0 Å². The fraction of sp³-hybridized carbons (Fsp3) is 1.00. The lowest BCUT2D eigenvalue weighted by Gasteiger charge is -2.37. The van der Waals surface area contributed by atoms with Crippen LogP contribution < -0.4 is 0 Å². The minimum Gasteiger partial charge on any atom is -0.381 e. The van der Waals surface area contributed by atoms with Crippen molar-refractivity contribution in [3.63, 3.8) is 0 Å². The molecule has 0 aromatic carbocycles. The number of rotatable bonds is 8. The van der Waals surface area contributed by atoms with Crippen molar-refractivity contribution in [3.05, 3.63) is 0 Å². The third-order valence-electron chi connectivity index (χ3n) is 2.74. The first-order valence-corrected chi connectivity index (χ1v) is 5.92. The van der Waals surface area contributed by atoms with E-state index in [9.17, 15) is 0 Å². The summed E-state index contributed by atoms with van der Waals surface area (Å²) in [4.78, 5) is 0. The van der Waals surface area contributed by atoms with Crippen molar-refractivity contribution in [3.8, 4) is 0 Å². The van der Waals surface area contributed by atoms with Crippen molar-refractivity contribution in [2.24, 2.45) is 5.41 Å². The van der Waals surface area contributed by atoms with Gasteiger partial charge in [-0.15, -0.1) is 0 Å². The lowest BCUT2D eigenvalue weighted by molar-refractivity contribution is -0.137. The fourth-order valence-electron chi connectivity index (χ4n) is 1.66. The monoisotopic (exact) mass is 198 g/mol. The number of unbranched alkanes of at least 4 members (excludes halogenated alkanes) is 3. The van der Waals surface area contributed by atoms with E-state index in [1.165, 1.54) is 32.0 Å². The van der Waals surface area contributed by atoms with Gasteiger partial charge < -0.3 is 9.47 Å². The first kappa shape index (κ1) is 12.1. The van der Waals surface area contributed by atoms with E-state index in [1.54, 1.807) is 0 Å². The quantitative estimate of drug-likeness (QED) is 0.436. The standard InChI is InChI=1S/C11H23BO2/c1-11(9-14-10-11)8-13-7-5-3-2-4-6-12/h2-10,12H2,1H3. The van der Waals surface area contributed by atoms with E-state index in [1.807, 2.05) is 0 Å². The molecule has 1 heterocycles. The smallest absolute Gasteiger partial charge is 0.101 e. The molecule has 0 aliphatic carbocycles. The van der Waals surface area contributed by atoms with Crippen LogP contribution in [0.1, 0.15) is 32.6 Å². The SMILES string of the molecule is BCCCCCCOCC1(C)COC1. The molecule has 0 unspecified atom stereocenters. The molecule has 14 heavy (non-hydrogen) atoms. The highest BCUT2D eigenvalue weighted by atomic mass is 16.5. The third kappa shape index (κ3) is 4.47. The molecule has 0 bridgehead atoms. The van der Waals surface area contributed by atoms with E-state index in [-0.39, 0.29) is 0 Å². The van der Waals surface area contributed by atoms with Gasteiger partial charge >= 0.3 is 0 Å². The van der Waals surface area contributed by atoms with Gasteiger partial charge in [0.1, 0.15) is 7.85 Å². The molecule has 3 heteroatoms. The normalized spacial score (nSPS) is 19.2. The van der Waals surface area contributed by atoms with Crippen LogP contribution in [0.4, 0.5) is 0 Å². The van der Waals surface area contributed by atoms with E-state index in [0.29, 0.717) is 5.41 Å². The van der Waals surface area contributed by atoms with Gasteiger partial charge in [0.15, 0.2) is 0 Å². The number of hydrogen-bond acceptors (Lipinski definition) is 2. The zero-order valence-corrected chi connectivity index (χ0v) is 9.68. The Labute approximate surface area is 88.8 Å². The van der Waals surface area contributed by atoms with Crippen LogP contribution in [0, 0.1) is 5.41 Å². The zero-order valence-electron chi connectivity index (χ0n) is 9.68. The minimum absolute atomic E-state index is 0.323. The molecule has 0 amide bonds. The van der Waals surface area contributed by atoms with Crippen LogP contribution in [0.25, 0.3) is 0 Å². The van der Waals surface area contributed by atoms with Crippen molar-refractivity contribution in [1.82, 2.24) is 0 Å². The van der Waals surface area contributed by atoms with Crippen LogP contribution >= 0.6 is 0 Å². The molecule has 0 N–H and O–H groups in total. The molecule has 2 nitrogen and oxygen atoms in total. The highest BCUT2D eigenvalue weighted by Crippen LogP contribution is 2.26. The summed E-state index contributed by atoms with van der Waals surface area (Å²) in [5, 5.41) is 0. The van der Waals surface area contributed by atoms with Crippen LogP contribution in [-0.4, -0.2) is 34.3 Å². The Hall–Kier alpha value is -0.0151. The Balaban J connectivity index is 1.80. The molecule has 1 aliphatic heterocycles. The first-order valence-electron chi connectivity index (χ1n) is 5.92. The van der Waals surface area contributed by atoms with Crippen molar-refractivity contribution < 1.29 is 9.47 Å². The second kappa shape index (κ2) is 6.47. The Morgan fingerprint density at radius 2 is 1.93 bits per heavy atom. The first-order chi connectivity index (χ1) is 6.77. The molecular formula is C11H23BO2. The molecular weight excluding hydrogens is 175 g/mol. The van der Waals surface area contributed by atoms with Gasteiger partial charge in [0, 0.05) is 12.0 Å². The molecule has 1 rings (SSSR count). The predicted molar refractivity (Wildman–Crippen MR) is 61.6 cm³/mol. The maximum Gasteiger partial charge on any atom is 0.101 e. The molecule has 82 valence electrons. The van der Waals surface area contributed by atoms with Crippen LogP contribution in [-0.2, 0) is 9.47 Å². The summed E-state index contributed by atoms with van der Waals surface area (Å²) in [6, 6.07) is 0. The van der Waals surface area contributed by atoms with Crippen molar-refractivity contribution in [2.75, 3.05) is 26.4 Å². The summed E-state index contributed by atoms with van der Waals surface area (Å²) in [6.07, 6.45) is 6.58. The summed E-state index contributed by atoms with van der Waals surface area (Å²) in [6.45, 7) is 5.79. The molecule has 1 saturated heterocycles. The van der Waals surface area contributed by atoms with Gasteiger partial charge in [-0.2, -0.15) is 0 Å². The van der Waals surface area contributed by atoms with Gasteiger partial charge in [-0.05, 0) is 6.42 Å². The van der Waals surface area contributed by atoms with E-state index in [4.69, 9.17) is 9.47 Å². The van der Waals surface area contributed by atoms with E-state index < -0.39 is 0 Å². The number of hydrogen-bond donors (Lipinski definition) is 0. The summed E-state index contributed by atoms with van der Waals surface area (Å²) < 4.78 is 10.8. The van der Waals surface area contributed by atoms with Crippen molar-refractivity contribution >= 4 is 7.85 Å². The summed E-state index contributed by atoms with van der Waals surface area (Å²) in [5.74, 6) is 0. The summed E-state index contributed by atoms with van der Waals surface area (Å²) in [7, 11) is 2.24. The molecule has 0 aromatic rings. The lowest BCUT2D eigenvalue weighted by Crippen LogP contribution is -2.43. The van der Waals surface area contributed by atoms with Gasteiger partial charge in [-0.1, -0.05) is 32.5 Å². The molecule has 0 radical (unpaired) electrons. The van der Waals surface area contributed by atoms with Crippen LogP contribution in [0.15, 0.2) is 0 Å². The maximum absolute atomic E-state index is 5.64. The highest BCUT2D eigenvalue weighted by molar-refractivity contribution is 6.08. The molecule has 0 atom stereocenters. The minimum atomic E-state index is 0.323. The Bertz CT molecular complexity index is 146. The van der Waals surface area contributed by atoms with Gasteiger partial charge in [-0.25, -0.2) is 0 Å². The fourth-order valence-corrected chi connectivity index (χ4v) is 1.66. The molecule has 0 spiro atoms. The zero-order chi connectivity index (χ0) is 10.3. The third-order valence-corrected chi connectivity index (χ3v) is 2.74. The maximum atomic E-state index is 5.64. The predicted octanol–water partition coefficient (Wildman–Crippen LogP) is 1.65. The topological polar surface area (TPSA) is 18.5 Å². The van der Waals surface area contributed by atoms with Gasteiger partial charge in [0.25, 0.3) is 0 Å². The molecule has 1 aliphatic rings. The van der Waals surface area contributed by atoms with E-state index in [2.05, 4.69) is 14.8 Å². The Kier molecular flexibility index (Phi) is 5.57. The average Bonchev–Trinajstić information content (AvgIpc) is 2.14. The van der Waals surface area contributed by atoms with Gasteiger partial charge in [-0.3, -0.25) is 0 Å². The largest absolute Gasteiger partial charge is 0.381 e. The summed E-state index contributed by atoms with van der Waals surface area (Å²) in [5.41, 5.74) is 0.323. The highest BCUT2D eigenvalue weighted by Gasteiger charge is 2.33. The summed E-state index contributed by atoms with van der Waals surface area (Å²) >= 11 is 0. The molecule has 1 fully saturated rings. The van der Waals surface area contributed by atoms with E-state index in [0.717, 1.165) is 26.4 Å². The lowest BCUT2D eigenvalue weighted by atomic mass is 9.90. The second-order valence-electron chi connectivity index (χ2n) is 4.77. The van der Waals surface area contributed by atoms with Gasteiger partial charge in [0.05, 0.1) is 19.8 Å². The molecule has 0 aromatic heterocycles. The second-order valence-corrected chi connectivity index (χ2v) is 4.77. The average molecular weight is 198 g/mol. The van der Waals surface area contributed by atoms with Crippen molar-refractivity contribution in [2.45, 2.75) is 38.9 Å². The van der Waals surface area contributed by atoms with Crippen LogP contribution in [0.3, 0.4) is 0 Å².